The summed E-state index contributed by atoms with van der Waals surface area (Å²) in [5.41, 5.74) is 0. The highest BCUT2D eigenvalue weighted by atomic mass is 32.2. The number of carbonyl (C=O) groups is 2. The highest BCUT2D eigenvalue weighted by molar-refractivity contribution is 8.01. The fraction of sp³-hybridized carbons (Fsp3) is 0.609. The average molecular weight is 480 g/mol. The van der Waals surface area contributed by atoms with Crippen molar-refractivity contribution in [1.29, 1.82) is 0 Å². The predicted molar refractivity (Wildman–Crippen MR) is 129 cm³/mol. The Bertz CT molecular complexity index is 803. The molecule has 9 heteroatoms. The van der Waals surface area contributed by atoms with Crippen LogP contribution in [0.1, 0.15) is 51.4 Å². The van der Waals surface area contributed by atoms with Gasteiger partial charge in [-0.15, -0.1) is 11.8 Å². The standard InChI is InChI=1S/C23H33N3O4S2/c1-30-19-12-10-18(11-13-19)26(14-6-5-9-17-7-3-2-4-8-17)23(29)25-22-24-15-21(32-22)31-16-20(27)28/h2-4,7,15,17-19H,5-6,8-14,16H2,1H3,(H,27,28)(H,24,25,29). The molecule has 0 aliphatic heterocycles. The van der Waals surface area contributed by atoms with Gasteiger partial charge in [0, 0.05) is 19.7 Å². The zero-order valence-corrected chi connectivity index (χ0v) is 20.2. The number of thiazole rings is 1. The van der Waals surface area contributed by atoms with Crippen LogP contribution in [0.15, 0.2) is 34.7 Å². The van der Waals surface area contributed by atoms with Crippen LogP contribution in [0.4, 0.5) is 9.93 Å². The van der Waals surface area contributed by atoms with Crippen molar-refractivity contribution in [3.8, 4) is 0 Å². The number of carboxylic acid groups (broad SMARTS) is 1. The first-order valence-corrected chi connectivity index (χ1v) is 13.1. The fourth-order valence-electron chi connectivity index (χ4n) is 4.26. The second-order valence-electron chi connectivity index (χ2n) is 8.26. The van der Waals surface area contributed by atoms with Crippen molar-refractivity contribution >= 4 is 40.2 Å². The molecule has 2 aliphatic carbocycles. The Morgan fingerprint density at radius 2 is 2.09 bits per heavy atom. The molecule has 1 aromatic heterocycles. The van der Waals surface area contributed by atoms with E-state index in [0.29, 0.717) is 11.0 Å². The van der Waals surface area contributed by atoms with Gasteiger partial charge in [0.15, 0.2) is 5.13 Å². The van der Waals surface area contributed by atoms with Crippen molar-refractivity contribution in [2.45, 2.75) is 67.7 Å². The topological polar surface area (TPSA) is 91.8 Å². The molecule has 0 aromatic carbocycles. The lowest BCUT2D eigenvalue weighted by Gasteiger charge is -2.36. The van der Waals surface area contributed by atoms with E-state index >= 15 is 0 Å². The molecule has 7 nitrogen and oxygen atoms in total. The maximum Gasteiger partial charge on any atom is 0.323 e. The fourth-order valence-corrected chi connectivity index (χ4v) is 5.84. The number of aromatic nitrogens is 1. The maximum absolute atomic E-state index is 13.2. The van der Waals surface area contributed by atoms with Crippen LogP contribution in [0, 0.1) is 5.92 Å². The summed E-state index contributed by atoms with van der Waals surface area (Å²) in [6.07, 6.45) is 18.8. The molecule has 1 atom stereocenters. The van der Waals surface area contributed by atoms with Crippen molar-refractivity contribution in [3.63, 3.8) is 0 Å². The number of thioether (sulfide) groups is 1. The number of aliphatic carboxylic acids is 1. The van der Waals surface area contributed by atoms with Gasteiger partial charge in [0.05, 0.1) is 22.3 Å². The summed E-state index contributed by atoms with van der Waals surface area (Å²) in [6.45, 7) is 0.729. The summed E-state index contributed by atoms with van der Waals surface area (Å²) < 4.78 is 6.28. The van der Waals surface area contributed by atoms with Crippen molar-refractivity contribution in [3.05, 3.63) is 30.5 Å². The van der Waals surface area contributed by atoms with Crippen LogP contribution in [0.3, 0.4) is 0 Å². The van der Waals surface area contributed by atoms with Crippen LogP contribution in [0.5, 0.6) is 0 Å². The van der Waals surface area contributed by atoms with Gasteiger partial charge in [-0.05, 0) is 50.9 Å². The second-order valence-corrected chi connectivity index (χ2v) is 10.6. The number of anilines is 1. The summed E-state index contributed by atoms with van der Waals surface area (Å²) in [6, 6.07) is 0.0928. The smallest absolute Gasteiger partial charge is 0.323 e. The van der Waals surface area contributed by atoms with Crippen LogP contribution >= 0.6 is 23.1 Å². The number of carboxylic acids is 1. The Balaban J connectivity index is 1.54. The molecule has 1 saturated carbocycles. The number of hydrogen-bond donors (Lipinski definition) is 2. The van der Waals surface area contributed by atoms with Crippen LogP contribution in [0.25, 0.3) is 0 Å². The van der Waals surface area contributed by atoms with E-state index in [2.05, 4.69) is 34.6 Å². The number of hydrogen-bond acceptors (Lipinski definition) is 6. The molecular weight excluding hydrogens is 446 g/mol. The predicted octanol–water partition coefficient (Wildman–Crippen LogP) is 5.41. The number of carbonyl (C=O) groups excluding carboxylic acids is 1. The molecule has 2 aliphatic rings. The molecule has 0 saturated heterocycles. The minimum atomic E-state index is -0.869. The molecule has 0 bridgehead atoms. The SMILES string of the molecule is COC1CCC(N(CCCCC2C=CC=CC2)C(=O)Nc2ncc(SCC(=O)O)s2)CC1. The van der Waals surface area contributed by atoms with Crippen LogP contribution < -0.4 is 5.32 Å². The Labute approximate surface area is 198 Å². The van der Waals surface area contributed by atoms with E-state index in [1.165, 1.54) is 23.1 Å². The molecular formula is C23H33N3O4S2. The number of methoxy groups -OCH3 is 1. The van der Waals surface area contributed by atoms with Crippen LogP contribution in [-0.2, 0) is 9.53 Å². The zero-order valence-electron chi connectivity index (χ0n) is 18.6. The molecule has 1 heterocycles. The van der Waals surface area contributed by atoms with Gasteiger partial charge < -0.3 is 14.7 Å². The van der Waals surface area contributed by atoms with Crippen molar-refractivity contribution in [1.82, 2.24) is 9.88 Å². The highest BCUT2D eigenvalue weighted by Crippen LogP contribution is 2.30. The van der Waals surface area contributed by atoms with Crippen molar-refractivity contribution in [2.75, 3.05) is 24.7 Å². The third kappa shape index (κ3) is 7.94. The molecule has 0 radical (unpaired) electrons. The van der Waals surface area contributed by atoms with Crippen LogP contribution in [0.2, 0.25) is 0 Å². The average Bonchev–Trinajstić information content (AvgIpc) is 3.25. The molecule has 2 N–H and O–H groups in total. The summed E-state index contributed by atoms with van der Waals surface area (Å²) in [5.74, 6) is -0.279. The van der Waals surface area contributed by atoms with E-state index in [9.17, 15) is 9.59 Å². The summed E-state index contributed by atoms with van der Waals surface area (Å²) >= 11 is 2.53. The molecule has 32 heavy (non-hydrogen) atoms. The number of rotatable bonds is 11. The number of unbranched alkanes of at least 4 members (excludes halogenated alkanes) is 1. The molecule has 3 rings (SSSR count). The summed E-state index contributed by atoms with van der Waals surface area (Å²) in [7, 11) is 1.76. The van der Waals surface area contributed by atoms with Gasteiger partial charge >= 0.3 is 12.0 Å². The number of nitrogens with one attached hydrogen (secondary N) is 1. The maximum atomic E-state index is 13.2. The first-order chi connectivity index (χ1) is 15.5. The van der Waals surface area contributed by atoms with E-state index in [4.69, 9.17) is 9.84 Å². The third-order valence-corrected chi connectivity index (χ3v) is 8.10. The number of amides is 2. The zero-order chi connectivity index (χ0) is 22.8. The van der Waals surface area contributed by atoms with E-state index in [1.54, 1.807) is 13.3 Å². The molecule has 176 valence electrons. The first kappa shape index (κ1) is 24.8. The Morgan fingerprint density at radius 1 is 1.28 bits per heavy atom. The normalized spacial score (nSPS) is 22.6. The van der Waals surface area contributed by atoms with Gasteiger partial charge in [0.25, 0.3) is 0 Å². The molecule has 0 spiro atoms. The lowest BCUT2D eigenvalue weighted by atomic mass is 9.91. The van der Waals surface area contributed by atoms with Gasteiger partial charge in [-0.25, -0.2) is 9.78 Å². The minimum absolute atomic E-state index is 0.0174. The van der Waals surface area contributed by atoms with Gasteiger partial charge in [-0.2, -0.15) is 0 Å². The number of allylic oxidation sites excluding steroid dienone is 4. The molecule has 2 amide bonds. The van der Waals surface area contributed by atoms with Gasteiger partial charge in [0.1, 0.15) is 0 Å². The first-order valence-electron chi connectivity index (χ1n) is 11.3. The lowest BCUT2D eigenvalue weighted by molar-refractivity contribution is -0.133. The quantitative estimate of drug-likeness (QED) is 0.325. The summed E-state index contributed by atoms with van der Waals surface area (Å²) in [5, 5.41) is 12.3. The van der Waals surface area contributed by atoms with Crippen LogP contribution in [-0.4, -0.2) is 58.5 Å². The van der Waals surface area contributed by atoms with Crippen molar-refractivity contribution in [2.24, 2.45) is 5.92 Å². The largest absolute Gasteiger partial charge is 0.481 e. The van der Waals surface area contributed by atoms with E-state index in [0.717, 1.165) is 62.1 Å². The van der Waals surface area contributed by atoms with Gasteiger partial charge in [-0.3, -0.25) is 10.1 Å². The summed E-state index contributed by atoms with van der Waals surface area (Å²) in [4.78, 5) is 30.2. The monoisotopic (exact) mass is 479 g/mol. The molecule has 1 aromatic rings. The van der Waals surface area contributed by atoms with Gasteiger partial charge in [0.2, 0.25) is 0 Å². The Kier molecular flexibility index (Phi) is 10.1. The molecule has 1 fully saturated rings. The number of ether oxygens (including phenoxy) is 1. The van der Waals surface area contributed by atoms with Crippen molar-refractivity contribution < 1.29 is 19.4 Å². The van der Waals surface area contributed by atoms with E-state index in [-0.39, 0.29) is 23.9 Å². The van der Waals surface area contributed by atoms with E-state index in [1.807, 2.05) is 4.90 Å². The van der Waals surface area contributed by atoms with E-state index < -0.39 is 5.97 Å². The minimum Gasteiger partial charge on any atom is -0.481 e. The Hall–Kier alpha value is -1.84. The third-order valence-electron chi connectivity index (χ3n) is 6.01. The molecule has 1 unspecified atom stereocenters. The number of urea groups is 1. The second kappa shape index (κ2) is 13.0. The lowest BCUT2D eigenvalue weighted by Crippen LogP contribution is -2.45. The van der Waals surface area contributed by atoms with Gasteiger partial charge in [-0.1, -0.05) is 42.1 Å². The number of nitrogens with zero attached hydrogens (tertiary/aromatic N) is 2. The Morgan fingerprint density at radius 3 is 2.78 bits per heavy atom. The highest BCUT2D eigenvalue weighted by Gasteiger charge is 2.29.